The summed E-state index contributed by atoms with van der Waals surface area (Å²) in [5, 5.41) is 16.9. The quantitative estimate of drug-likeness (QED) is 0.342. The first kappa shape index (κ1) is 29.6. The zero-order chi connectivity index (χ0) is 29.0. The molecule has 6 atom stereocenters. The third-order valence-electron chi connectivity index (χ3n) is 8.35. The SMILES string of the molecule is CCO[C@@H]1C[C@@H]2CN3CCc4c([nH]c5cc(OC)ccc45)[C@H]3C[C@@H]2[C@H](C(=O)OC)[C@H]1OC.O=C(O)/C=C\C(=O)O. The molecule has 2 aromatic rings. The Bertz CT molecular complexity index is 1240. The third kappa shape index (κ3) is 6.01. The lowest BCUT2D eigenvalue weighted by atomic mass is 9.64. The van der Waals surface area contributed by atoms with Crippen molar-refractivity contribution in [2.45, 2.75) is 44.4 Å². The van der Waals surface area contributed by atoms with Crippen LogP contribution in [0, 0.1) is 17.8 Å². The standard InChI is InChI=1S/C25H34N2O5.C4H4O4/c1-5-32-21-10-14-13-27-9-8-17-16-7-6-15(29-2)11-19(16)26-23(17)20(27)12-18(14)22(24(21)30-3)25(28)31-4;5-3(6)1-2-4(7)8/h6-7,11,14,18,20-22,24,26H,5,8-10,12-13H2,1-4H3;1-2H,(H,5,6)(H,7,8)/b;2-1-/t14-,18+,20-,21-,22+,24+;/m1./s1. The summed E-state index contributed by atoms with van der Waals surface area (Å²) in [5.41, 5.74) is 3.82. The number of aliphatic carboxylic acids is 2. The van der Waals surface area contributed by atoms with Gasteiger partial charge in [0.05, 0.1) is 38.4 Å². The Morgan fingerprint density at radius 3 is 2.42 bits per heavy atom. The van der Waals surface area contributed by atoms with Gasteiger partial charge in [-0.25, -0.2) is 9.59 Å². The predicted molar refractivity (Wildman–Crippen MR) is 145 cm³/mol. The molecule has 0 radical (unpaired) electrons. The van der Waals surface area contributed by atoms with E-state index < -0.39 is 11.9 Å². The molecule has 11 nitrogen and oxygen atoms in total. The molecule has 5 rings (SSSR count). The maximum atomic E-state index is 13.0. The molecule has 11 heteroatoms. The largest absolute Gasteiger partial charge is 0.497 e. The summed E-state index contributed by atoms with van der Waals surface area (Å²) in [6.07, 6.45) is 3.64. The van der Waals surface area contributed by atoms with E-state index in [1.807, 2.05) is 13.0 Å². The maximum absolute atomic E-state index is 13.0. The number of esters is 1. The Balaban J connectivity index is 0.000000406. The molecule has 218 valence electrons. The first-order chi connectivity index (χ1) is 19.2. The predicted octanol–water partition coefficient (Wildman–Crippen LogP) is 3.04. The van der Waals surface area contributed by atoms with Crippen LogP contribution in [0.2, 0.25) is 0 Å². The van der Waals surface area contributed by atoms with Gasteiger partial charge in [0.25, 0.3) is 0 Å². The van der Waals surface area contributed by atoms with Gasteiger partial charge in [-0.15, -0.1) is 0 Å². The Morgan fingerprint density at radius 2 is 1.82 bits per heavy atom. The van der Waals surface area contributed by atoms with E-state index >= 15 is 0 Å². The van der Waals surface area contributed by atoms with Crippen LogP contribution in [-0.2, 0) is 35.0 Å². The molecule has 3 N–H and O–H groups in total. The van der Waals surface area contributed by atoms with Gasteiger partial charge in [-0.1, -0.05) is 0 Å². The third-order valence-corrected chi connectivity index (χ3v) is 8.35. The van der Waals surface area contributed by atoms with E-state index in [-0.39, 0.29) is 36.1 Å². The lowest BCUT2D eigenvalue weighted by molar-refractivity contribution is -0.182. The molecule has 1 aromatic carbocycles. The molecule has 2 fully saturated rings. The number of carbonyl (C=O) groups excluding carboxylic acids is 1. The molecule has 1 saturated carbocycles. The number of fused-ring (bicyclic) bond motifs is 6. The van der Waals surface area contributed by atoms with E-state index in [9.17, 15) is 14.4 Å². The lowest BCUT2D eigenvalue weighted by Crippen LogP contribution is -2.58. The molecule has 0 spiro atoms. The van der Waals surface area contributed by atoms with Gasteiger partial charge in [-0.3, -0.25) is 9.69 Å². The number of hydrogen-bond donors (Lipinski definition) is 3. The Labute approximate surface area is 233 Å². The molecule has 0 amide bonds. The minimum Gasteiger partial charge on any atom is -0.497 e. The van der Waals surface area contributed by atoms with Crippen molar-refractivity contribution in [1.29, 1.82) is 0 Å². The van der Waals surface area contributed by atoms with Crippen LogP contribution in [0.5, 0.6) is 5.75 Å². The van der Waals surface area contributed by atoms with Gasteiger partial charge in [0.2, 0.25) is 0 Å². The average Bonchev–Trinajstić information content (AvgIpc) is 3.32. The molecule has 0 bridgehead atoms. The topological polar surface area (TPSA) is 148 Å². The minimum atomic E-state index is -1.26. The molecule has 1 aliphatic carbocycles. The summed E-state index contributed by atoms with van der Waals surface area (Å²) >= 11 is 0. The number of hydrogen-bond acceptors (Lipinski definition) is 8. The van der Waals surface area contributed by atoms with E-state index in [0.717, 1.165) is 43.6 Å². The highest BCUT2D eigenvalue weighted by molar-refractivity contribution is 5.89. The number of methoxy groups -OCH3 is 3. The molecule has 1 aromatic heterocycles. The zero-order valence-electron chi connectivity index (χ0n) is 23.3. The van der Waals surface area contributed by atoms with E-state index in [1.54, 1.807) is 14.2 Å². The molecule has 1 saturated heterocycles. The second-order valence-corrected chi connectivity index (χ2v) is 10.3. The summed E-state index contributed by atoms with van der Waals surface area (Å²) in [7, 11) is 4.87. The smallest absolute Gasteiger partial charge is 0.328 e. The van der Waals surface area contributed by atoms with Crippen molar-refractivity contribution in [3.8, 4) is 5.75 Å². The second-order valence-electron chi connectivity index (χ2n) is 10.3. The molecule has 2 aliphatic heterocycles. The van der Waals surface area contributed by atoms with E-state index in [0.29, 0.717) is 24.7 Å². The van der Waals surface area contributed by atoms with Gasteiger partial charge in [-0.05, 0) is 55.7 Å². The number of aromatic amines is 1. The normalized spacial score (nSPS) is 27.6. The number of carboxylic acids is 2. The number of piperidine rings is 1. The summed E-state index contributed by atoms with van der Waals surface area (Å²) in [6.45, 7) is 4.63. The van der Waals surface area contributed by atoms with Gasteiger partial charge in [-0.2, -0.15) is 0 Å². The van der Waals surface area contributed by atoms with Crippen LogP contribution in [0.3, 0.4) is 0 Å². The summed E-state index contributed by atoms with van der Waals surface area (Å²) in [5.74, 6) is -1.54. The van der Waals surface area contributed by atoms with Crippen molar-refractivity contribution < 1.29 is 43.5 Å². The van der Waals surface area contributed by atoms with E-state index in [2.05, 4.69) is 22.0 Å². The van der Waals surface area contributed by atoms with Crippen molar-refractivity contribution in [2.24, 2.45) is 17.8 Å². The van der Waals surface area contributed by atoms with Crippen LogP contribution < -0.4 is 4.74 Å². The maximum Gasteiger partial charge on any atom is 0.328 e. The fourth-order valence-electron chi connectivity index (χ4n) is 6.76. The van der Waals surface area contributed by atoms with Crippen molar-refractivity contribution in [3.05, 3.63) is 41.6 Å². The number of carbonyl (C=O) groups is 3. The van der Waals surface area contributed by atoms with Crippen LogP contribution >= 0.6 is 0 Å². The van der Waals surface area contributed by atoms with E-state index in [4.69, 9.17) is 29.2 Å². The monoisotopic (exact) mass is 558 g/mol. The van der Waals surface area contributed by atoms with Crippen molar-refractivity contribution in [1.82, 2.24) is 9.88 Å². The average molecular weight is 559 g/mol. The molecule has 3 heterocycles. The van der Waals surface area contributed by atoms with Gasteiger partial charge in [0.15, 0.2) is 0 Å². The highest BCUT2D eigenvalue weighted by Gasteiger charge is 2.53. The zero-order valence-corrected chi connectivity index (χ0v) is 23.3. The number of nitrogens with one attached hydrogen (secondary N) is 1. The lowest BCUT2D eigenvalue weighted by Gasteiger charge is -2.53. The number of benzene rings is 1. The van der Waals surface area contributed by atoms with E-state index in [1.165, 1.54) is 23.8 Å². The number of ether oxygens (including phenoxy) is 4. The van der Waals surface area contributed by atoms with Gasteiger partial charge in [0, 0.05) is 61.6 Å². The molecule has 3 aliphatic rings. The first-order valence-electron chi connectivity index (χ1n) is 13.5. The van der Waals surface area contributed by atoms with Crippen LogP contribution in [-0.4, -0.2) is 91.2 Å². The van der Waals surface area contributed by atoms with Crippen LogP contribution in [0.4, 0.5) is 0 Å². The van der Waals surface area contributed by atoms with Crippen LogP contribution in [0.1, 0.15) is 37.1 Å². The van der Waals surface area contributed by atoms with Crippen molar-refractivity contribution in [3.63, 3.8) is 0 Å². The first-order valence-corrected chi connectivity index (χ1v) is 13.5. The van der Waals surface area contributed by atoms with Crippen LogP contribution in [0.15, 0.2) is 30.4 Å². The summed E-state index contributed by atoms with van der Waals surface area (Å²) in [6, 6.07) is 6.54. The molecular formula is C29H38N2O9. The fourth-order valence-corrected chi connectivity index (χ4v) is 6.76. The Kier molecular flexibility index (Phi) is 9.49. The number of carboxylic acid groups (broad SMARTS) is 2. The van der Waals surface area contributed by atoms with Crippen molar-refractivity contribution in [2.75, 3.05) is 41.0 Å². The summed E-state index contributed by atoms with van der Waals surface area (Å²) < 4.78 is 22.6. The van der Waals surface area contributed by atoms with Crippen molar-refractivity contribution >= 4 is 28.8 Å². The van der Waals surface area contributed by atoms with Gasteiger partial charge >= 0.3 is 17.9 Å². The highest BCUT2D eigenvalue weighted by atomic mass is 16.5. The summed E-state index contributed by atoms with van der Waals surface area (Å²) in [4.78, 5) is 38.4. The van der Waals surface area contributed by atoms with Gasteiger partial charge in [0.1, 0.15) is 5.75 Å². The Hall–Kier alpha value is -3.41. The number of nitrogens with zero attached hydrogens (tertiary/aromatic N) is 1. The van der Waals surface area contributed by atoms with Crippen LogP contribution in [0.25, 0.3) is 10.9 Å². The molecule has 40 heavy (non-hydrogen) atoms. The molecular weight excluding hydrogens is 520 g/mol. The second kappa shape index (κ2) is 12.8. The van der Waals surface area contributed by atoms with Gasteiger partial charge < -0.3 is 34.1 Å². The Morgan fingerprint density at radius 1 is 1.10 bits per heavy atom. The highest BCUT2D eigenvalue weighted by Crippen LogP contribution is 2.50. The molecule has 0 unspecified atom stereocenters. The number of H-pyrrole nitrogens is 1. The number of rotatable bonds is 7. The number of aromatic nitrogens is 1. The minimum absolute atomic E-state index is 0.0761. The fraction of sp³-hybridized carbons (Fsp3) is 0.552.